The number of unbranched alkanes of at least 4 members (excludes halogenated alkanes) is 1. The molecule has 1 spiro atoms. The molecule has 0 fully saturated rings. The van der Waals surface area contributed by atoms with E-state index in [0.29, 0.717) is 17.1 Å². The van der Waals surface area contributed by atoms with Crippen molar-refractivity contribution in [2.75, 3.05) is 24.3 Å². The van der Waals surface area contributed by atoms with Crippen molar-refractivity contribution in [2.24, 2.45) is 0 Å². The fourth-order valence-electron chi connectivity index (χ4n) is 5.51. The molecule has 0 aliphatic carbocycles. The molecule has 38 heavy (non-hydrogen) atoms. The molecule has 5 nitrogen and oxygen atoms in total. The third-order valence-corrected chi connectivity index (χ3v) is 7.61. The number of hydrogen-bond donors (Lipinski definition) is 1. The maximum Gasteiger partial charge on any atom is 0.340 e. The van der Waals surface area contributed by atoms with Crippen molar-refractivity contribution in [1.29, 1.82) is 0 Å². The lowest BCUT2D eigenvalue weighted by molar-refractivity contribution is 0.0224. The maximum absolute atomic E-state index is 13.2. The van der Waals surface area contributed by atoms with Gasteiger partial charge in [-0.2, -0.15) is 0 Å². The van der Waals surface area contributed by atoms with Gasteiger partial charge < -0.3 is 19.7 Å². The molecule has 0 bridgehead atoms. The minimum absolute atomic E-state index is 0.325. The number of nitrogens with one attached hydrogen (secondary N) is 1. The summed E-state index contributed by atoms with van der Waals surface area (Å²) in [6.45, 7) is 4.28. The van der Waals surface area contributed by atoms with Crippen molar-refractivity contribution >= 4 is 23.0 Å². The van der Waals surface area contributed by atoms with Gasteiger partial charge in [-0.05, 0) is 73.4 Å². The molecular weight excluding hydrogens is 472 g/mol. The first-order chi connectivity index (χ1) is 18.4. The van der Waals surface area contributed by atoms with Gasteiger partial charge in [0.15, 0.2) is 5.60 Å². The third-order valence-electron chi connectivity index (χ3n) is 7.61. The Hall–Kier alpha value is -4.25. The van der Waals surface area contributed by atoms with E-state index in [1.54, 1.807) is 0 Å². The topological polar surface area (TPSA) is 50.8 Å². The van der Waals surface area contributed by atoms with Crippen LogP contribution in [0.15, 0.2) is 78.9 Å². The lowest BCUT2D eigenvalue weighted by atomic mass is 9.77. The Bertz CT molecular complexity index is 1540. The molecule has 192 valence electrons. The first-order valence-electron chi connectivity index (χ1n) is 13.2. The molecule has 2 heterocycles. The largest absolute Gasteiger partial charge is 0.456 e. The Morgan fingerprint density at radius 1 is 0.868 bits per heavy atom. The van der Waals surface area contributed by atoms with Crippen LogP contribution >= 0.6 is 0 Å². The highest BCUT2D eigenvalue weighted by Gasteiger charge is 2.53. The fraction of sp³-hybridized carbons (Fsp3) is 0.242. The average molecular weight is 505 g/mol. The quantitative estimate of drug-likeness (QED) is 0.273. The van der Waals surface area contributed by atoms with Gasteiger partial charge in [0.2, 0.25) is 0 Å². The minimum atomic E-state index is -1.09. The number of rotatable bonds is 6. The monoisotopic (exact) mass is 504 g/mol. The lowest BCUT2D eigenvalue weighted by Gasteiger charge is -2.37. The van der Waals surface area contributed by atoms with Gasteiger partial charge in [0.25, 0.3) is 0 Å². The summed E-state index contributed by atoms with van der Waals surface area (Å²) in [5, 5.41) is 3.59. The number of benzene rings is 4. The predicted octanol–water partition coefficient (Wildman–Crippen LogP) is 7.72. The Kier molecular flexibility index (Phi) is 5.87. The second-order valence-corrected chi connectivity index (χ2v) is 10.4. The van der Waals surface area contributed by atoms with Crippen LogP contribution in [0, 0.1) is 6.92 Å². The van der Waals surface area contributed by atoms with E-state index >= 15 is 0 Å². The lowest BCUT2D eigenvalue weighted by Crippen LogP contribution is -2.33. The normalized spacial score (nSPS) is 16.8. The molecule has 1 unspecified atom stereocenters. The van der Waals surface area contributed by atoms with Crippen LogP contribution in [0.2, 0.25) is 0 Å². The minimum Gasteiger partial charge on any atom is -0.456 e. The van der Waals surface area contributed by atoms with Crippen LogP contribution in [0.5, 0.6) is 11.5 Å². The van der Waals surface area contributed by atoms with Crippen molar-refractivity contribution in [1.82, 2.24) is 0 Å². The predicted molar refractivity (Wildman–Crippen MR) is 152 cm³/mol. The highest BCUT2D eigenvalue weighted by Crippen LogP contribution is 2.57. The number of ether oxygens (including phenoxy) is 2. The zero-order valence-corrected chi connectivity index (χ0v) is 22.3. The third kappa shape index (κ3) is 3.81. The second kappa shape index (κ2) is 9.25. The van der Waals surface area contributed by atoms with Crippen molar-refractivity contribution < 1.29 is 14.3 Å². The van der Waals surface area contributed by atoms with Crippen molar-refractivity contribution in [3.8, 4) is 11.5 Å². The number of fused-ring (bicyclic) bond motifs is 6. The molecule has 0 radical (unpaired) electrons. The zero-order valence-electron chi connectivity index (χ0n) is 22.3. The molecule has 2 aliphatic heterocycles. The summed E-state index contributed by atoms with van der Waals surface area (Å²) < 4.78 is 12.9. The molecule has 2 aliphatic rings. The van der Waals surface area contributed by atoms with Crippen LogP contribution in [-0.4, -0.2) is 20.1 Å². The number of carbonyl (C=O) groups excluding carboxylic acids is 1. The molecule has 0 saturated heterocycles. The SMILES string of the molecule is CCCCc1ccc(Nc2cc3c(cc2C)Oc2cc(N(C)C)ccc2C32OC(=O)c3ccccc32)cc1. The summed E-state index contributed by atoms with van der Waals surface area (Å²) in [5.41, 5.74) is 7.32. The molecule has 1 N–H and O–H groups in total. The van der Waals surface area contributed by atoms with Crippen LogP contribution in [-0.2, 0) is 16.8 Å². The molecule has 1 atom stereocenters. The van der Waals surface area contributed by atoms with E-state index in [4.69, 9.17) is 9.47 Å². The van der Waals surface area contributed by atoms with Gasteiger partial charge in [0.05, 0.1) is 5.56 Å². The van der Waals surface area contributed by atoms with Crippen molar-refractivity contribution in [2.45, 2.75) is 38.7 Å². The Morgan fingerprint density at radius 3 is 2.39 bits per heavy atom. The van der Waals surface area contributed by atoms with E-state index in [0.717, 1.165) is 45.7 Å². The molecule has 0 amide bonds. The van der Waals surface area contributed by atoms with Crippen LogP contribution in [0.4, 0.5) is 17.1 Å². The van der Waals surface area contributed by atoms with Crippen LogP contribution in [0.3, 0.4) is 0 Å². The number of hydrogen-bond acceptors (Lipinski definition) is 5. The molecule has 4 aromatic carbocycles. The Morgan fingerprint density at radius 2 is 1.63 bits per heavy atom. The van der Waals surface area contributed by atoms with E-state index in [2.05, 4.69) is 49.5 Å². The van der Waals surface area contributed by atoms with E-state index in [-0.39, 0.29) is 5.97 Å². The standard InChI is InChI=1S/C33H32N2O3/c1-5-6-9-22-12-14-23(15-13-22)34-29-20-28-30(18-21(29)2)37-31-19-24(35(3)4)16-17-27(31)33(28)26-11-8-7-10-25(26)32(36)38-33/h7-8,10-20,34H,5-6,9H2,1-4H3. The van der Waals surface area contributed by atoms with Crippen LogP contribution < -0.4 is 15.0 Å². The average Bonchev–Trinajstić information content (AvgIpc) is 3.21. The number of nitrogens with zero attached hydrogens (tertiary/aromatic N) is 1. The Balaban J connectivity index is 1.49. The van der Waals surface area contributed by atoms with Gasteiger partial charge in [-0.3, -0.25) is 0 Å². The summed E-state index contributed by atoms with van der Waals surface area (Å²) in [6, 6.07) is 26.5. The number of esters is 1. The van der Waals surface area contributed by atoms with Gasteiger partial charge in [0, 0.05) is 53.9 Å². The number of carbonyl (C=O) groups is 1. The fourth-order valence-corrected chi connectivity index (χ4v) is 5.51. The van der Waals surface area contributed by atoms with Gasteiger partial charge >= 0.3 is 5.97 Å². The molecule has 0 aromatic heterocycles. The Labute approximate surface area is 224 Å². The summed E-state index contributed by atoms with van der Waals surface area (Å²) in [4.78, 5) is 15.2. The second-order valence-electron chi connectivity index (χ2n) is 10.4. The number of anilines is 3. The molecule has 5 heteroatoms. The van der Waals surface area contributed by atoms with E-state index < -0.39 is 5.60 Å². The molecule has 6 rings (SSSR count). The molecular formula is C33H32N2O3. The van der Waals surface area contributed by atoms with E-state index in [9.17, 15) is 4.79 Å². The van der Waals surface area contributed by atoms with Gasteiger partial charge in [-0.1, -0.05) is 43.7 Å². The van der Waals surface area contributed by atoms with Gasteiger partial charge in [0.1, 0.15) is 11.5 Å². The van der Waals surface area contributed by atoms with Crippen LogP contribution in [0.1, 0.15) is 57.9 Å². The maximum atomic E-state index is 13.2. The summed E-state index contributed by atoms with van der Waals surface area (Å²) in [6.07, 6.45) is 3.47. The van der Waals surface area contributed by atoms with Crippen molar-refractivity contribution in [3.05, 3.63) is 112 Å². The van der Waals surface area contributed by atoms with E-state index in [1.807, 2.05) is 67.5 Å². The summed E-state index contributed by atoms with van der Waals surface area (Å²) in [5.74, 6) is 1.06. The first kappa shape index (κ1) is 24.1. The first-order valence-corrected chi connectivity index (χ1v) is 13.2. The molecule has 0 saturated carbocycles. The smallest absolute Gasteiger partial charge is 0.340 e. The van der Waals surface area contributed by atoms with Crippen molar-refractivity contribution in [3.63, 3.8) is 0 Å². The highest BCUT2D eigenvalue weighted by atomic mass is 16.6. The summed E-state index contributed by atoms with van der Waals surface area (Å²) >= 11 is 0. The van der Waals surface area contributed by atoms with E-state index in [1.165, 1.54) is 18.4 Å². The van der Waals surface area contributed by atoms with Gasteiger partial charge in [-0.25, -0.2) is 4.79 Å². The van der Waals surface area contributed by atoms with Crippen LogP contribution in [0.25, 0.3) is 0 Å². The summed E-state index contributed by atoms with van der Waals surface area (Å²) in [7, 11) is 4.00. The molecule has 4 aromatic rings. The highest BCUT2D eigenvalue weighted by molar-refractivity contribution is 5.97. The zero-order chi connectivity index (χ0) is 26.4. The van der Waals surface area contributed by atoms with Gasteiger partial charge in [-0.15, -0.1) is 0 Å². The number of aryl methyl sites for hydroxylation is 2.